The van der Waals surface area contributed by atoms with E-state index < -0.39 is 73.4 Å². The van der Waals surface area contributed by atoms with Gasteiger partial charge in [-0.1, -0.05) is 0 Å². The Kier molecular flexibility index (Phi) is 8.54. The molecule has 0 heterocycles. The van der Waals surface area contributed by atoms with Gasteiger partial charge in [-0.15, -0.1) is 10.2 Å². The van der Waals surface area contributed by atoms with Gasteiger partial charge < -0.3 is 21.7 Å². The Morgan fingerprint density at radius 2 is 1.43 bits per heavy atom. The van der Waals surface area contributed by atoms with Crippen LogP contribution in [0.3, 0.4) is 0 Å². The van der Waals surface area contributed by atoms with Crippen LogP contribution in [0.4, 0.5) is 27.5 Å². The van der Waals surface area contributed by atoms with Crippen LogP contribution in [0.15, 0.2) is 67.4 Å². The molecule has 0 aliphatic carbocycles. The first kappa shape index (κ1) is 30.5. The fourth-order valence-corrected chi connectivity index (χ4v) is 5.36. The number of nitrogens with one attached hydrogen (secondary N) is 3. The molecular weight excluding hydrogens is 596 g/mol. The summed E-state index contributed by atoms with van der Waals surface area (Å²) in [5.74, 6) is -0.428. The number of hydrogen-bond donors (Lipinski definition) is 7. The fraction of sp³-hybridized carbons (Fsp3) is 0.100. The second-order valence-corrected chi connectivity index (χ2v) is 12.1. The lowest BCUT2D eigenvalue weighted by Crippen LogP contribution is -2.25. The first-order chi connectivity index (χ1) is 18.4. The minimum Gasteiger partial charge on any atom is -0.351 e. The number of hydrogen-bond acceptors (Lipinski definition) is 11. The number of fused-ring (bicyclic) bond motifs is 1. The number of urea groups is 1. The van der Waals surface area contributed by atoms with E-state index in [-0.39, 0.29) is 23.6 Å². The van der Waals surface area contributed by atoms with Gasteiger partial charge in [0.25, 0.3) is 30.4 Å². The van der Waals surface area contributed by atoms with Gasteiger partial charge >= 0.3 is 6.03 Å². The normalized spacial score (nSPS) is 12.5. The summed E-state index contributed by atoms with van der Waals surface area (Å²) in [6, 6.07) is 5.36. The van der Waals surface area contributed by atoms with E-state index in [0.717, 1.165) is 6.07 Å². The number of rotatable bonds is 9. The molecule has 17 nitrogen and oxygen atoms in total. The van der Waals surface area contributed by atoms with Crippen molar-refractivity contribution in [3.63, 3.8) is 0 Å². The lowest BCUT2D eigenvalue weighted by Gasteiger charge is -2.11. The monoisotopic (exact) mass is 616 g/mol. The van der Waals surface area contributed by atoms with Crippen molar-refractivity contribution in [1.82, 2.24) is 5.32 Å². The van der Waals surface area contributed by atoms with Crippen molar-refractivity contribution >= 4 is 75.8 Å². The van der Waals surface area contributed by atoms with Crippen LogP contribution in [0.5, 0.6) is 0 Å². The number of amides is 3. The van der Waals surface area contributed by atoms with Crippen LogP contribution in [0, 0.1) is 0 Å². The Morgan fingerprint density at radius 1 is 0.800 bits per heavy atom. The summed E-state index contributed by atoms with van der Waals surface area (Å²) < 4.78 is 100. The number of primary amides is 1. The van der Waals surface area contributed by atoms with Crippen LogP contribution in [0.2, 0.25) is 0 Å². The highest BCUT2D eigenvalue weighted by Gasteiger charge is 2.24. The average molecular weight is 617 g/mol. The van der Waals surface area contributed by atoms with Crippen molar-refractivity contribution in [3.05, 3.63) is 42.5 Å². The maximum Gasteiger partial charge on any atom is 0.316 e. The lowest BCUT2D eigenvalue weighted by molar-refractivity contribution is -0.115. The van der Waals surface area contributed by atoms with E-state index in [1.165, 1.54) is 18.2 Å². The molecule has 3 amide bonds. The molecule has 3 rings (SSSR count). The molecular formula is C20H20N6O11S3. The number of nitrogens with zero attached hydrogens (tertiary/aromatic N) is 2. The van der Waals surface area contributed by atoms with Gasteiger partial charge in [0.05, 0.1) is 17.1 Å². The zero-order chi connectivity index (χ0) is 30.0. The van der Waals surface area contributed by atoms with Gasteiger partial charge in [0.1, 0.15) is 21.2 Å². The van der Waals surface area contributed by atoms with Gasteiger partial charge in [-0.2, -0.15) is 25.3 Å². The number of likely N-dealkylation sites (N-methyl/N-ethyl adjacent to an activating group) is 1. The molecule has 0 fully saturated rings. The largest absolute Gasteiger partial charge is 0.351 e. The standard InChI is InChI=1S/C20H20N6O11S3/c1-22-9-19(27)23-11-2-3-14(15(6-11)24-20(21)28)25-26-16-8-13-10(5-18(16)40(35,36)37)4-12(38(29,30)31)7-17(13)39(32,33)34/h2-8,22H,9H2,1H3,(H,23,27)(H3,21,24,28)(H,29,30,31)(H,32,33,34)(H,35,36,37). The van der Waals surface area contributed by atoms with E-state index >= 15 is 0 Å². The van der Waals surface area contributed by atoms with E-state index in [4.69, 9.17) is 5.73 Å². The summed E-state index contributed by atoms with van der Waals surface area (Å²) in [5.41, 5.74) is 4.48. The van der Waals surface area contributed by atoms with E-state index in [9.17, 15) is 48.5 Å². The molecule has 0 bridgehead atoms. The third-order valence-electron chi connectivity index (χ3n) is 4.96. The van der Waals surface area contributed by atoms with Gasteiger partial charge in [-0.25, -0.2) is 4.79 Å². The molecule has 0 saturated carbocycles. The van der Waals surface area contributed by atoms with E-state index in [1.54, 1.807) is 7.05 Å². The number of carbonyl (C=O) groups is 2. The molecule has 0 aromatic heterocycles. The van der Waals surface area contributed by atoms with Crippen LogP contribution in [0.1, 0.15) is 0 Å². The molecule has 0 spiro atoms. The quantitative estimate of drug-likeness (QED) is 0.133. The second kappa shape index (κ2) is 11.2. The molecule has 0 saturated heterocycles. The highest BCUT2D eigenvalue weighted by molar-refractivity contribution is 7.87. The summed E-state index contributed by atoms with van der Waals surface area (Å²) in [7, 11) is -13.7. The summed E-state index contributed by atoms with van der Waals surface area (Å²) in [5, 5.41) is 14.1. The highest BCUT2D eigenvalue weighted by Crippen LogP contribution is 2.37. The second-order valence-electron chi connectivity index (χ2n) is 7.89. The Balaban J connectivity index is 2.25. The van der Waals surface area contributed by atoms with Crippen LogP contribution in [-0.2, 0) is 35.1 Å². The molecule has 214 valence electrons. The average Bonchev–Trinajstić information content (AvgIpc) is 2.80. The number of nitrogens with two attached hydrogens (primary N) is 1. The Labute approximate surface area is 226 Å². The summed E-state index contributed by atoms with van der Waals surface area (Å²) in [6.07, 6.45) is 0. The first-order valence-electron chi connectivity index (χ1n) is 10.5. The Hall–Kier alpha value is -4.05. The molecule has 8 N–H and O–H groups in total. The van der Waals surface area contributed by atoms with E-state index in [0.29, 0.717) is 18.2 Å². The van der Waals surface area contributed by atoms with E-state index in [1.807, 2.05) is 0 Å². The topological polar surface area (TPSA) is 284 Å². The zero-order valence-corrected chi connectivity index (χ0v) is 22.5. The van der Waals surface area contributed by atoms with Crippen molar-refractivity contribution in [3.8, 4) is 0 Å². The van der Waals surface area contributed by atoms with Crippen molar-refractivity contribution in [1.29, 1.82) is 0 Å². The predicted octanol–water partition coefficient (Wildman–Crippen LogP) is 1.64. The van der Waals surface area contributed by atoms with Crippen molar-refractivity contribution in [2.75, 3.05) is 24.2 Å². The molecule has 3 aromatic rings. The Bertz CT molecular complexity index is 1890. The van der Waals surface area contributed by atoms with Crippen molar-refractivity contribution < 1.29 is 48.5 Å². The molecule has 0 unspecified atom stereocenters. The SMILES string of the molecule is CNCC(=O)Nc1ccc(N=Nc2cc3c(S(=O)(=O)O)cc(S(=O)(=O)O)cc3cc2S(=O)(=O)O)c(NC(N)=O)c1. The number of carbonyl (C=O) groups excluding carboxylic acids is 2. The van der Waals surface area contributed by atoms with Crippen molar-refractivity contribution in [2.24, 2.45) is 16.0 Å². The van der Waals surface area contributed by atoms with Gasteiger partial charge in [0.2, 0.25) is 5.91 Å². The smallest absolute Gasteiger partial charge is 0.316 e. The molecule has 0 atom stereocenters. The van der Waals surface area contributed by atoms with Crippen molar-refractivity contribution in [2.45, 2.75) is 14.7 Å². The highest BCUT2D eigenvalue weighted by atomic mass is 32.2. The molecule has 0 aliphatic heterocycles. The fourth-order valence-electron chi connectivity index (χ4n) is 3.37. The zero-order valence-electron chi connectivity index (χ0n) is 20.1. The van der Waals surface area contributed by atoms with Gasteiger partial charge in [-0.05, 0) is 54.9 Å². The third kappa shape index (κ3) is 7.32. The number of anilines is 2. The van der Waals surface area contributed by atoms with E-state index in [2.05, 4.69) is 26.2 Å². The van der Waals surface area contributed by atoms with Gasteiger partial charge in [0.15, 0.2) is 0 Å². The third-order valence-corrected chi connectivity index (χ3v) is 7.57. The summed E-state index contributed by atoms with van der Waals surface area (Å²) >= 11 is 0. The minimum atomic E-state index is -5.14. The Morgan fingerprint density at radius 3 is 1.98 bits per heavy atom. The molecule has 20 heteroatoms. The lowest BCUT2D eigenvalue weighted by atomic mass is 10.1. The first-order valence-corrected chi connectivity index (χ1v) is 14.8. The molecule has 40 heavy (non-hydrogen) atoms. The van der Waals surface area contributed by atoms with Crippen LogP contribution in [0.25, 0.3) is 10.8 Å². The number of benzene rings is 3. The van der Waals surface area contributed by atoms with Gasteiger partial charge in [-0.3, -0.25) is 18.5 Å². The summed E-state index contributed by atoms with van der Waals surface area (Å²) in [6.45, 7) is -0.0301. The van der Waals surface area contributed by atoms with Crippen LogP contribution >= 0.6 is 0 Å². The summed E-state index contributed by atoms with van der Waals surface area (Å²) in [4.78, 5) is 20.3. The minimum absolute atomic E-state index is 0.0301. The predicted molar refractivity (Wildman–Crippen MR) is 140 cm³/mol. The molecule has 3 aromatic carbocycles. The maximum atomic E-state index is 12.1. The molecule has 0 radical (unpaired) electrons. The van der Waals surface area contributed by atoms with Gasteiger partial charge in [0, 0.05) is 11.1 Å². The maximum absolute atomic E-state index is 12.1. The molecule has 0 aliphatic rings. The van der Waals surface area contributed by atoms with Crippen LogP contribution in [-0.4, -0.2) is 64.4 Å². The number of azo groups is 1. The van der Waals surface area contributed by atoms with Crippen LogP contribution < -0.4 is 21.7 Å².